The molecule has 0 aromatic carbocycles. The first-order valence-electron chi connectivity index (χ1n) is 4.82. The molecule has 0 aromatic rings. The van der Waals surface area contributed by atoms with Crippen LogP contribution in [0.3, 0.4) is 0 Å². The van der Waals surface area contributed by atoms with Gasteiger partial charge in [0.25, 0.3) is 5.91 Å². The van der Waals surface area contributed by atoms with Crippen molar-refractivity contribution in [3.8, 4) is 0 Å². The zero-order valence-electron chi connectivity index (χ0n) is 7.68. The summed E-state index contributed by atoms with van der Waals surface area (Å²) in [5, 5.41) is 2.95. The molecule has 0 aliphatic carbocycles. The second-order valence-electron chi connectivity index (χ2n) is 4.31. The van der Waals surface area contributed by atoms with Gasteiger partial charge in [-0.2, -0.15) is 0 Å². The monoisotopic (exact) mass is 169 g/mol. The molecule has 1 amide bonds. The van der Waals surface area contributed by atoms with E-state index >= 15 is 0 Å². The third-order valence-electron chi connectivity index (χ3n) is 3.38. The van der Waals surface area contributed by atoms with Crippen molar-refractivity contribution in [2.45, 2.75) is 25.3 Å². The smallest absolute Gasteiger partial charge is 0.275 e. The van der Waals surface area contributed by atoms with E-state index in [2.05, 4.69) is 12.4 Å². The van der Waals surface area contributed by atoms with Gasteiger partial charge in [-0.25, -0.2) is 0 Å². The van der Waals surface area contributed by atoms with Gasteiger partial charge in [0.15, 0.2) is 6.54 Å². The number of amides is 1. The van der Waals surface area contributed by atoms with Gasteiger partial charge in [-0.3, -0.25) is 4.79 Å². The minimum absolute atomic E-state index is 0.232. The van der Waals surface area contributed by atoms with Gasteiger partial charge in [-0.05, 0) is 12.8 Å². The van der Waals surface area contributed by atoms with E-state index in [0.717, 1.165) is 11.0 Å². The van der Waals surface area contributed by atoms with Gasteiger partial charge in [0.2, 0.25) is 0 Å². The van der Waals surface area contributed by atoms with E-state index in [9.17, 15) is 4.79 Å². The molecule has 0 radical (unpaired) electrons. The predicted octanol–water partition coefficient (Wildman–Crippen LogP) is 0.115. The molecule has 2 aliphatic heterocycles. The molecule has 12 heavy (non-hydrogen) atoms. The lowest BCUT2D eigenvalue weighted by Crippen LogP contribution is -2.66. The predicted molar refractivity (Wildman–Crippen MR) is 46.6 cm³/mol. The van der Waals surface area contributed by atoms with Crippen molar-refractivity contribution in [2.75, 3.05) is 26.7 Å². The Hall–Kier alpha value is -0.570. The number of nitrogens with one attached hydrogen (secondary N) is 1. The Bertz CT molecular complexity index is 205. The third-order valence-corrected chi connectivity index (χ3v) is 3.38. The Morgan fingerprint density at radius 3 is 3.17 bits per heavy atom. The van der Waals surface area contributed by atoms with Crippen molar-refractivity contribution < 1.29 is 9.28 Å². The molecule has 0 bridgehead atoms. The lowest BCUT2D eigenvalue weighted by Gasteiger charge is -2.47. The van der Waals surface area contributed by atoms with Crippen LogP contribution in [0.2, 0.25) is 0 Å². The number of piperazine rings is 1. The number of piperidine rings is 1. The summed E-state index contributed by atoms with van der Waals surface area (Å²) in [6, 6.07) is 0.691. The summed E-state index contributed by atoms with van der Waals surface area (Å²) in [7, 11) is 2.22. The van der Waals surface area contributed by atoms with Gasteiger partial charge < -0.3 is 9.80 Å². The van der Waals surface area contributed by atoms with Gasteiger partial charge in [0.05, 0.1) is 20.1 Å². The summed E-state index contributed by atoms with van der Waals surface area (Å²) in [5.41, 5.74) is 0. The molecule has 0 saturated carbocycles. The van der Waals surface area contributed by atoms with Crippen molar-refractivity contribution in [3.05, 3.63) is 0 Å². The number of likely N-dealkylation sites (N-methyl/N-ethyl adjacent to an activating group) is 1. The van der Waals surface area contributed by atoms with Crippen molar-refractivity contribution >= 4 is 5.91 Å². The lowest BCUT2D eigenvalue weighted by molar-refractivity contribution is -0.932. The summed E-state index contributed by atoms with van der Waals surface area (Å²) in [6.07, 6.45) is 3.92. The van der Waals surface area contributed by atoms with Gasteiger partial charge in [-0.15, -0.1) is 0 Å². The standard InChI is InChI=1S/C9H16N2O/c1-11-5-3-2-4-8(11)6-10-9(12)7-11/h8H,2-7H2,1H3/p+1/t8-,11-/m0/s1. The molecule has 0 spiro atoms. The van der Waals surface area contributed by atoms with Crippen molar-refractivity contribution in [1.29, 1.82) is 0 Å². The van der Waals surface area contributed by atoms with Gasteiger partial charge in [0.1, 0.15) is 6.04 Å². The number of rotatable bonds is 0. The molecule has 3 nitrogen and oxygen atoms in total. The fraction of sp³-hybridized carbons (Fsp3) is 0.889. The van der Waals surface area contributed by atoms with Crippen molar-refractivity contribution in [3.63, 3.8) is 0 Å². The second-order valence-corrected chi connectivity index (χ2v) is 4.31. The van der Waals surface area contributed by atoms with E-state index in [1.165, 1.54) is 25.8 Å². The number of quaternary nitrogens is 1. The van der Waals surface area contributed by atoms with Crippen LogP contribution in [-0.4, -0.2) is 43.1 Å². The van der Waals surface area contributed by atoms with Gasteiger partial charge in [0, 0.05) is 6.42 Å². The van der Waals surface area contributed by atoms with E-state index in [1.807, 2.05) is 0 Å². The zero-order chi connectivity index (χ0) is 8.60. The maximum atomic E-state index is 11.2. The minimum Gasteiger partial charge on any atom is -0.345 e. The summed E-state index contributed by atoms with van der Waals surface area (Å²) < 4.78 is 0.992. The van der Waals surface area contributed by atoms with E-state index < -0.39 is 0 Å². The van der Waals surface area contributed by atoms with Crippen molar-refractivity contribution in [1.82, 2.24) is 5.32 Å². The van der Waals surface area contributed by atoms with Crippen LogP contribution in [0.25, 0.3) is 0 Å². The average molecular weight is 169 g/mol. The van der Waals surface area contributed by atoms with Crippen LogP contribution in [0.1, 0.15) is 19.3 Å². The fourth-order valence-electron chi connectivity index (χ4n) is 2.49. The molecule has 2 saturated heterocycles. The highest BCUT2D eigenvalue weighted by Crippen LogP contribution is 2.24. The SMILES string of the molecule is C[N@@+]12CCCC[C@H]1CNC(=O)C2. The van der Waals surface area contributed by atoms with Crippen LogP contribution in [0.5, 0.6) is 0 Å². The molecule has 0 aromatic heterocycles. The molecule has 2 atom stereocenters. The minimum atomic E-state index is 0.232. The number of carbonyl (C=O) groups is 1. The highest BCUT2D eigenvalue weighted by atomic mass is 16.2. The topological polar surface area (TPSA) is 29.1 Å². The molecular weight excluding hydrogens is 152 g/mol. The molecule has 1 N–H and O–H groups in total. The molecule has 2 heterocycles. The van der Waals surface area contributed by atoms with Crippen molar-refractivity contribution in [2.24, 2.45) is 0 Å². The Morgan fingerprint density at radius 2 is 2.33 bits per heavy atom. The number of carbonyl (C=O) groups excluding carboxylic acids is 1. The van der Waals surface area contributed by atoms with Gasteiger partial charge >= 0.3 is 0 Å². The maximum Gasteiger partial charge on any atom is 0.275 e. The highest BCUT2D eigenvalue weighted by Gasteiger charge is 2.40. The van der Waals surface area contributed by atoms with Gasteiger partial charge in [-0.1, -0.05) is 0 Å². The molecule has 3 heteroatoms. The first kappa shape index (κ1) is 8.05. The van der Waals surface area contributed by atoms with Crippen LogP contribution < -0.4 is 5.32 Å². The average Bonchev–Trinajstić information content (AvgIpc) is 2.02. The molecular formula is C9H17N2O+. The Labute approximate surface area is 73.3 Å². The van der Waals surface area contributed by atoms with E-state index in [4.69, 9.17) is 0 Å². The maximum absolute atomic E-state index is 11.2. The first-order chi connectivity index (χ1) is 5.71. The Morgan fingerprint density at radius 1 is 1.50 bits per heavy atom. The summed E-state index contributed by atoms with van der Waals surface area (Å²) in [6.45, 7) is 2.79. The fourth-order valence-corrected chi connectivity index (χ4v) is 2.49. The normalized spacial score (nSPS) is 41.8. The molecule has 0 unspecified atom stereocenters. The third kappa shape index (κ3) is 1.22. The number of hydrogen-bond donors (Lipinski definition) is 1. The quantitative estimate of drug-likeness (QED) is 0.513. The van der Waals surface area contributed by atoms with Crippen LogP contribution in [0.15, 0.2) is 0 Å². The molecule has 2 aliphatic rings. The van der Waals surface area contributed by atoms with Crippen LogP contribution >= 0.6 is 0 Å². The Kier molecular flexibility index (Phi) is 1.83. The van der Waals surface area contributed by atoms with E-state index in [1.54, 1.807) is 0 Å². The van der Waals surface area contributed by atoms with E-state index in [0.29, 0.717) is 12.6 Å². The highest BCUT2D eigenvalue weighted by molar-refractivity contribution is 5.77. The van der Waals surface area contributed by atoms with Crippen LogP contribution in [-0.2, 0) is 4.79 Å². The number of nitrogens with zero attached hydrogens (tertiary/aromatic N) is 1. The largest absolute Gasteiger partial charge is 0.345 e. The first-order valence-corrected chi connectivity index (χ1v) is 4.82. The van der Waals surface area contributed by atoms with Crippen LogP contribution in [0, 0.1) is 0 Å². The molecule has 68 valence electrons. The Balaban J connectivity index is 2.12. The van der Waals surface area contributed by atoms with E-state index in [-0.39, 0.29) is 5.91 Å². The summed E-state index contributed by atoms with van der Waals surface area (Å²) >= 11 is 0. The second kappa shape index (κ2) is 2.73. The van der Waals surface area contributed by atoms with Crippen LogP contribution in [0.4, 0.5) is 0 Å². The molecule has 2 rings (SSSR count). The molecule has 2 fully saturated rings. The number of fused-ring (bicyclic) bond motifs is 1. The lowest BCUT2D eigenvalue weighted by atomic mass is 9.97. The number of hydrogen-bond acceptors (Lipinski definition) is 1. The zero-order valence-corrected chi connectivity index (χ0v) is 7.68. The summed E-state index contributed by atoms with van der Waals surface area (Å²) in [4.78, 5) is 11.2. The summed E-state index contributed by atoms with van der Waals surface area (Å²) in [5.74, 6) is 0.232.